The van der Waals surface area contributed by atoms with Crippen molar-refractivity contribution < 1.29 is 9.90 Å². The molecule has 4 aromatic rings. The molecule has 1 unspecified atom stereocenters. The number of carbonyl (C=O) groups is 1. The Morgan fingerprint density at radius 1 is 1.06 bits per heavy atom. The van der Waals surface area contributed by atoms with Gasteiger partial charge in [0.05, 0.1) is 6.04 Å². The number of aromatic amines is 1. The average Bonchev–Trinajstić information content (AvgIpc) is 3.28. The first-order chi connectivity index (χ1) is 15.4. The van der Waals surface area contributed by atoms with Gasteiger partial charge in [0.25, 0.3) is 5.91 Å². The molecular formula is C26H22ClN3O2. The monoisotopic (exact) mass is 443 g/mol. The fourth-order valence-corrected chi connectivity index (χ4v) is 4.81. The number of rotatable bonds is 4. The lowest BCUT2D eigenvalue weighted by Crippen LogP contribution is -2.29. The summed E-state index contributed by atoms with van der Waals surface area (Å²) < 4.78 is 0. The van der Waals surface area contributed by atoms with Crippen molar-refractivity contribution in [1.29, 1.82) is 0 Å². The highest BCUT2D eigenvalue weighted by atomic mass is 35.5. The maximum atomic E-state index is 13.5. The van der Waals surface area contributed by atoms with Crippen molar-refractivity contribution >= 4 is 17.5 Å². The van der Waals surface area contributed by atoms with E-state index in [9.17, 15) is 9.90 Å². The number of carbonyl (C=O) groups excluding carboxylic acids is 1. The number of phenols is 1. The number of halogens is 1. The third-order valence-electron chi connectivity index (χ3n) is 5.92. The normalized spacial score (nSPS) is 15.3. The highest BCUT2D eigenvalue weighted by molar-refractivity contribution is 6.30. The Balaban J connectivity index is 1.70. The Hall–Kier alpha value is -3.57. The molecule has 0 bridgehead atoms. The average molecular weight is 444 g/mol. The molecular weight excluding hydrogens is 422 g/mol. The van der Waals surface area contributed by atoms with Gasteiger partial charge >= 0.3 is 0 Å². The first kappa shape index (κ1) is 20.3. The molecule has 0 radical (unpaired) electrons. The summed E-state index contributed by atoms with van der Waals surface area (Å²) in [6.07, 6.45) is 0. The van der Waals surface area contributed by atoms with Crippen LogP contribution in [0.2, 0.25) is 5.02 Å². The van der Waals surface area contributed by atoms with Gasteiger partial charge in [-0.2, -0.15) is 5.10 Å². The highest BCUT2D eigenvalue weighted by Crippen LogP contribution is 2.46. The largest absolute Gasteiger partial charge is 0.507 e. The van der Waals surface area contributed by atoms with Crippen LogP contribution in [0, 0.1) is 13.8 Å². The van der Waals surface area contributed by atoms with Gasteiger partial charge in [-0.25, -0.2) is 0 Å². The van der Waals surface area contributed by atoms with E-state index in [1.54, 1.807) is 6.07 Å². The van der Waals surface area contributed by atoms with Gasteiger partial charge in [-0.15, -0.1) is 0 Å². The van der Waals surface area contributed by atoms with Crippen LogP contribution in [0.1, 0.15) is 44.3 Å². The number of amides is 1. The zero-order chi connectivity index (χ0) is 22.4. The Bertz CT molecular complexity index is 1310. The van der Waals surface area contributed by atoms with Crippen molar-refractivity contribution in [3.63, 3.8) is 0 Å². The number of fused-ring (bicyclic) bond motifs is 1. The minimum atomic E-state index is -0.384. The zero-order valence-corrected chi connectivity index (χ0v) is 18.5. The summed E-state index contributed by atoms with van der Waals surface area (Å²) in [6.45, 7) is 4.32. The van der Waals surface area contributed by atoms with Gasteiger partial charge in [-0.3, -0.25) is 9.89 Å². The molecule has 5 nitrogen and oxygen atoms in total. The molecule has 0 saturated carbocycles. The van der Waals surface area contributed by atoms with Crippen LogP contribution in [0.3, 0.4) is 0 Å². The third-order valence-corrected chi connectivity index (χ3v) is 6.15. The Labute approximate surface area is 191 Å². The first-order valence-corrected chi connectivity index (χ1v) is 10.8. The smallest absolute Gasteiger partial charge is 0.273 e. The lowest BCUT2D eigenvalue weighted by molar-refractivity contribution is 0.0730. The standard InChI is InChI=1S/C26H22ClN3O2/c1-15-11-16(2)21(20(31)12-15)23-22-24(29-28-23)26(32)30(14-17-7-4-3-5-8-17)25(22)18-9-6-10-19(27)13-18/h3-13,25,31H,14H2,1-2H3,(H,28,29). The Kier molecular flexibility index (Phi) is 4.98. The van der Waals surface area contributed by atoms with E-state index in [1.165, 1.54) is 0 Å². The minimum Gasteiger partial charge on any atom is -0.507 e. The lowest BCUT2D eigenvalue weighted by Gasteiger charge is -2.27. The molecule has 2 heterocycles. The van der Waals surface area contributed by atoms with Crippen LogP contribution in [0.25, 0.3) is 11.3 Å². The van der Waals surface area contributed by atoms with E-state index >= 15 is 0 Å². The van der Waals surface area contributed by atoms with Crippen LogP contribution < -0.4 is 0 Å². The van der Waals surface area contributed by atoms with Crippen LogP contribution >= 0.6 is 11.6 Å². The van der Waals surface area contributed by atoms with E-state index in [-0.39, 0.29) is 17.7 Å². The van der Waals surface area contributed by atoms with Gasteiger partial charge in [0.2, 0.25) is 0 Å². The first-order valence-electron chi connectivity index (χ1n) is 10.4. The second-order valence-corrected chi connectivity index (χ2v) is 8.65. The van der Waals surface area contributed by atoms with Crippen LogP contribution in [-0.4, -0.2) is 26.1 Å². The van der Waals surface area contributed by atoms with Crippen LogP contribution in [0.4, 0.5) is 0 Å². The van der Waals surface area contributed by atoms with Crippen molar-refractivity contribution in [2.24, 2.45) is 0 Å². The molecule has 1 aliphatic rings. The maximum absolute atomic E-state index is 13.5. The summed E-state index contributed by atoms with van der Waals surface area (Å²) in [4.78, 5) is 15.3. The molecule has 1 aliphatic heterocycles. The van der Waals surface area contributed by atoms with E-state index in [2.05, 4.69) is 10.2 Å². The van der Waals surface area contributed by atoms with Crippen LogP contribution in [-0.2, 0) is 6.54 Å². The van der Waals surface area contributed by atoms with Gasteiger partial charge < -0.3 is 10.0 Å². The van der Waals surface area contributed by atoms with E-state index in [0.29, 0.717) is 28.5 Å². The molecule has 0 aliphatic carbocycles. The molecule has 160 valence electrons. The molecule has 32 heavy (non-hydrogen) atoms. The van der Waals surface area contributed by atoms with E-state index < -0.39 is 0 Å². The fraction of sp³-hybridized carbons (Fsp3) is 0.154. The number of phenolic OH excluding ortho intramolecular Hbond substituents is 1. The van der Waals surface area contributed by atoms with E-state index in [4.69, 9.17) is 11.6 Å². The summed E-state index contributed by atoms with van der Waals surface area (Å²) in [5.74, 6) is 0.0208. The Morgan fingerprint density at radius 3 is 2.56 bits per heavy atom. The third kappa shape index (κ3) is 3.35. The van der Waals surface area contributed by atoms with E-state index in [1.807, 2.05) is 79.4 Å². The summed E-state index contributed by atoms with van der Waals surface area (Å²) in [5.41, 5.74) is 6.21. The number of nitrogens with zero attached hydrogens (tertiary/aromatic N) is 2. The van der Waals surface area contributed by atoms with Crippen LogP contribution in [0.5, 0.6) is 5.75 Å². The summed E-state index contributed by atoms with van der Waals surface area (Å²) >= 11 is 6.33. The Morgan fingerprint density at radius 2 is 1.84 bits per heavy atom. The molecule has 2 N–H and O–H groups in total. The number of hydrogen-bond donors (Lipinski definition) is 2. The fourth-order valence-electron chi connectivity index (χ4n) is 4.61. The molecule has 5 rings (SSSR count). The van der Waals surface area contributed by atoms with Crippen molar-refractivity contribution in [2.75, 3.05) is 0 Å². The van der Waals surface area contributed by atoms with E-state index in [0.717, 1.165) is 27.8 Å². The van der Waals surface area contributed by atoms with Crippen molar-refractivity contribution in [3.05, 3.63) is 105 Å². The number of aromatic hydroxyl groups is 1. The van der Waals surface area contributed by atoms with Gasteiger partial charge in [0.1, 0.15) is 17.1 Å². The summed E-state index contributed by atoms with van der Waals surface area (Å²) in [7, 11) is 0. The number of nitrogens with one attached hydrogen (secondary N) is 1. The molecule has 3 aromatic carbocycles. The lowest BCUT2D eigenvalue weighted by atomic mass is 9.93. The zero-order valence-electron chi connectivity index (χ0n) is 17.8. The number of aryl methyl sites for hydroxylation is 2. The summed E-state index contributed by atoms with van der Waals surface area (Å²) in [5, 5.41) is 18.8. The van der Waals surface area contributed by atoms with Gasteiger partial charge in [-0.05, 0) is 54.3 Å². The molecule has 0 fully saturated rings. The van der Waals surface area contributed by atoms with Crippen LogP contribution in [0.15, 0.2) is 66.7 Å². The highest BCUT2D eigenvalue weighted by Gasteiger charge is 2.42. The molecule has 0 spiro atoms. The second-order valence-electron chi connectivity index (χ2n) is 8.21. The van der Waals surface area contributed by atoms with Crippen molar-refractivity contribution in [2.45, 2.75) is 26.4 Å². The van der Waals surface area contributed by atoms with Gasteiger partial charge in [-0.1, -0.05) is 60.1 Å². The van der Waals surface area contributed by atoms with Crippen molar-refractivity contribution in [3.8, 4) is 17.0 Å². The number of benzene rings is 3. The van der Waals surface area contributed by atoms with Crippen molar-refractivity contribution in [1.82, 2.24) is 15.1 Å². The predicted molar refractivity (Wildman–Crippen MR) is 125 cm³/mol. The number of hydrogen-bond acceptors (Lipinski definition) is 3. The molecule has 1 amide bonds. The van der Waals surface area contributed by atoms with Gasteiger partial charge in [0.15, 0.2) is 0 Å². The summed E-state index contributed by atoms with van der Waals surface area (Å²) in [6, 6.07) is 20.8. The molecule has 1 aromatic heterocycles. The number of H-pyrrole nitrogens is 1. The topological polar surface area (TPSA) is 69.2 Å². The molecule has 1 atom stereocenters. The van der Waals surface area contributed by atoms with Gasteiger partial charge in [0, 0.05) is 22.7 Å². The number of aromatic nitrogens is 2. The minimum absolute atomic E-state index is 0.128. The maximum Gasteiger partial charge on any atom is 0.273 e. The second kappa shape index (κ2) is 7.84. The SMILES string of the molecule is Cc1cc(C)c(-c2n[nH]c3c2C(c2cccc(Cl)c2)N(Cc2ccccc2)C3=O)c(O)c1. The quantitative estimate of drug-likeness (QED) is 0.419. The molecule has 0 saturated heterocycles. The predicted octanol–water partition coefficient (Wildman–Crippen LogP) is 5.80. The molecule has 6 heteroatoms.